The monoisotopic (exact) mass is 621 g/mol. The van der Waals surface area contributed by atoms with Crippen LogP contribution in [0.1, 0.15) is 0 Å². The second-order valence-electron chi connectivity index (χ2n) is 9.13. The van der Waals surface area contributed by atoms with E-state index in [9.17, 15) is 26.3 Å². The van der Waals surface area contributed by atoms with Crippen LogP contribution in [0.5, 0.6) is 0 Å². The van der Waals surface area contributed by atoms with E-state index in [1.165, 1.54) is 72.8 Å². The van der Waals surface area contributed by atoms with Crippen molar-refractivity contribution in [3.05, 3.63) is 149 Å². The lowest BCUT2D eigenvalue weighted by molar-refractivity contribution is 0.382. The van der Waals surface area contributed by atoms with Crippen molar-refractivity contribution >= 4 is 40.7 Å². The third-order valence-electron chi connectivity index (χ3n) is 6.71. The Morgan fingerprint density at radius 2 is 0.581 bits per heavy atom. The quantitative estimate of drug-likeness (QED) is 0.0689. The molecule has 0 bridgehead atoms. The SMILES string of the molecule is Fc1c(F)c(F)c(B(N=P(c2ccccc2)(c2ccccc2)c2ccccc2)c2c(F)c(F)c(F)c(F)c2F)c(F)c1F. The minimum absolute atomic E-state index is 0.269. The molecule has 0 fully saturated rings. The molecule has 218 valence electrons. The summed E-state index contributed by atoms with van der Waals surface area (Å²) >= 11 is 0. The Hall–Kier alpha value is -4.31. The molecule has 0 atom stereocenters. The van der Waals surface area contributed by atoms with E-state index < -0.39 is 83.0 Å². The van der Waals surface area contributed by atoms with Crippen LogP contribution in [-0.2, 0) is 0 Å². The zero-order valence-electron chi connectivity index (χ0n) is 21.4. The molecule has 0 N–H and O–H groups in total. The molecular weight excluding hydrogens is 606 g/mol. The highest BCUT2D eigenvalue weighted by atomic mass is 31.2. The topological polar surface area (TPSA) is 12.4 Å². The first-order chi connectivity index (χ1) is 20.5. The first-order valence-electron chi connectivity index (χ1n) is 12.3. The summed E-state index contributed by atoms with van der Waals surface area (Å²) in [5.74, 6) is -25.4. The van der Waals surface area contributed by atoms with Crippen molar-refractivity contribution in [1.29, 1.82) is 0 Å². The Kier molecular flexibility index (Phi) is 8.25. The van der Waals surface area contributed by atoms with Gasteiger partial charge in [-0.1, -0.05) is 91.0 Å². The van der Waals surface area contributed by atoms with Crippen molar-refractivity contribution in [1.82, 2.24) is 0 Å². The van der Waals surface area contributed by atoms with Gasteiger partial charge in [-0.05, 0) is 15.9 Å². The van der Waals surface area contributed by atoms with E-state index in [4.69, 9.17) is 0 Å². The summed E-state index contributed by atoms with van der Waals surface area (Å²) in [7, 11) is -3.82. The maximum Gasteiger partial charge on any atom is 0.355 e. The third-order valence-corrected chi connectivity index (χ3v) is 10.4. The maximum absolute atomic E-state index is 15.4. The van der Waals surface area contributed by atoms with E-state index in [0.717, 1.165) is 0 Å². The highest BCUT2D eigenvalue weighted by molar-refractivity contribution is 7.88. The van der Waals surface area contributed by atoms with Crippen molar-refractivity contribution in [3.8, 4) is 0 Å². The Bertz CT molecular complexity index is 1660. The number of benzene rings is 5. The molecule has 0 radical (unpaired) electrons. The molecule has 43 heavy (non-hydrogen) atoms. The van der Waals surface area contributed by atoms with Gasteiger partial charge in [0.15, 0.2) is 58.2 Å². The molecule has 5 rings (SSSR count). The van der Waals surface area contributed by atoms with Gasteiger partial charge >= 0.3 is 6.85 Å². The first kappa shape index (κ1) is 30.2. The number of hydrogen-bond acceptors (Lipinski definition) is 1. The highest BCUT2D eigenvalue weighted by Crippen LogP contribution is 2.47. The van der Waals surface area contributed by atoms with Crippen LogP contribution >= 0.6 is 7.05 Å². The lowest BCUT2D eigenvalue weighted by Gasteiger charge is -2.30. The predicted molar refractivity (Wildman–Crippen MR) is 145 cm³/mol. The first-order valence-corrected chi connectivity index (χ1v) is 14.1. The lowest BCUT2D eigenvalue weighted by Crippen LogP contribution is -2.50. The van der Waals surface area contributed by atoms with Gasteiger partial charge < -0.3 is 4.66 Å². The van der Waals surface area contributed by atoms with Crippen molar-refractivity contribution in [2.45, 2.75) is 0 Å². The zero-order chi connectivity index (χ0) is 31.1. The normalized spacial score (nSPS) is 11.5. The largest absolute Gasteiger partial charge is 0.355 e. The van der Waals surface area contributed by atoms with Crippen LogP contribution in [0.4, 0.5) is 43.9 Å². The Morgan fingerprint density at radius 3 is 0.837 bits per heavy atom. The van der Waals surface area contributed by atoms with Crippen molar-refractivity contribution < 1.29 is 43.9 Å². The smallest absolute Gasteiger partial charge is 0.332 e. The van der Waals surface area contributed by atoms with E-state index in [2.05, 4.69) is 4.66 Å². The molecule has 0 amide bonds. The summed E-state index contributed by atoms with van der Waals surface area (Å²) in [6, 6.07) is 23.1. The van der Waals surface area contributed by atoms with Crippen LogP contribution in [-0.4, -0.2) is 6.85 Å². The lowest BCUT2D eigenvalue weighted by atomic mass is 9.51. The van der Waals surface area contributed by atoms with E-state index in [0.29, 0.717) is 0 Å². The number of nitrogens with zero attached hydrogens (tertiary/aromatic N) is 1. The van der Waals surface area contributed by atoms with Crippen LogP contribution in [0.25, 0.3) is 0 Å². The molecule has 0 aliphatic carbocycles. The van der Waals surface area contributed by atoms with E-state index in [-0.39, 0.29) is 15.9 Å². The average Bonchev–Trinajstić information content (AvgIpc) is 3.04. The van der Waals surface area contributed by atoms with Gasteiger partial charge in [-0.2, -0.15) is 0 Å². The zero-order valence-corrected chi connectivity index (χ0v) is 22.3. The molecule has 0 aromatic heterocycles. The molecule has 0 saturated carbocycles. The molecule has 0 heterocycles. The standard InChI is InChI=1S/C30H15BF10NP/c32-21-19(22(33)26(37)29(40)25(21)36)31(20-23(34)27(38)30(41)28(39)24(20)35)42-43(16-10-4-1-5-11-16,17-12-6-2-7-13-17)18-14-8-3-9-15-18/h1-15H. The fourth-order valence-electron chi connectivity index (χ4n) is 4.74. The van der Waals surface area contributed by atoms with Crippen LogP contribution in [0.15, 0.2) is 95.7 Å². The molecule has 0 saturated heterocycles. The van der Waals surface area contributed by atoms with Gasteiger partial charge in [-0.3, -0.25) is 0 Å². The molecule has 5 aromatic carbocycles. The van der Waals surface area contributed by atoms with E-state index in [1.807, 2.05) is 0 Å². The summed E-state index contributed by atoms with van der Waals surface area (Å²) in [4.78, 5) is 0. The van der Waals surface area contributed by atoms with Crippen molar-refractivity contribution in [2.75, 3.05) is 0 Å². The minimum atomic E-state index is -3.82. The van der Waals surface area contributed by atoms with Crippen LogP contribution in [0, 0.1) is 58.2 Å². The van der Waals surface area contributed by atoms with Crippen molar-refractivity contribution in [3.63, 3.8) is 0 Å². The van der Waals surface area contributed by atoms with E-state index in [1.54, 1.807) is 18.2 Å². The van der Waals surface area contributed by atoms with E-state index >= 15 is 17.6 Å². The fourth-order valence-corrected chi connectivity index (χ4v) is 8.42. The third kappa shape index (κ3) is 4.93. The number of halogens is 10. The predicted octanol–water partition coefficient (Wildman–Crippen LogP) is 6.36. The molecule has 0 aliphatic heterocycles. The van der Waals surface area contributed by atoms with Gasteiger partial charge in [0, 0.05) is 18.0 Å². The summed E-state index contributed by atoms with van der Waals surface area (Å²) < 4.78 is 152. The average molecular weight is 621 g/mol. The fraction of sp³-hybridized carbons (Fsp3) is 0. The van der Waals surface area contributed by atoms with Gasteiger partial charge in [0.25, 0.3) is 0 Å². The number of hydrogen-bond donors (Lipinski definition) is 0. The van der Waals surface area contributed by atoms with Crippen LogP contribution < -0.4 is 26.8 Å². The summed E-state index contributed by atoms with van der Waals surface area (Å²) in [6.07, 6.45) is 0. The summed E-state index contributed by atoms with van der Waals surface area (Å²) in [5.41, 5.74) is -3.79. The van der Waals surface area contributed by atoms with Crippen LogP contribution in [0.2, 0.25) is 0 Å². The molecule has 0 spiro atoms. The Balaban J connectivity index is 2.09. The maximum atomic E-state index is 15.4. The van der Waals surface area contributed by atoms with Gasteiger partial charge in [0.2, 0.25) is 0 Å². The number of rotatable bonds is 6. The molecule has 0 unspecified atom stereocenters. The van der Waals surface area contributed by atoms with Gasteiger partial charge in [-0.25, -0.2) is 43.9 Å². The van der Waals surface area contributed by atoms with Crippen molar-refractivity contribution in [2.24, 2.45) is 4.66 Å². The Morgan fingerprint density at radius 1 is 0.349 bits per heavy atom. The van der Waals surface area contributed by atoms with Gasteiger partial charge in [0.1, 0.15) is 0 Å². The minimum Gasteiger partial charge on any atom is -0.332 e. The molecule has 0 aliphatic rings. The second kappa shape index (κ2) is 11.8. The summed E-state index contributed by atoms with van der Waals surface area (Å²) in [6.45, 7) is -2.93. The Labute approximate surface area is 238 Å². The van der Waals surface area contributed by atoms with Gasteiger partial charge in [-0.15, -0.1) is 0 Å². The van der Waals surface area contributed by atoms with Crippen LogP contribution in [0.3, 0.4) is 0 Å². The molecule has 5 aromatic rings. The summed E-state index contributed by atoms with van der Waals surface area (Å²) in [5, 5.41) is 0.806. The highest BCUT2D eigenvalue weighted by Gasteiger charge is 2.42. The molecular formula is C30H15BF10NP. The van der Waals surface area contributed by atoms with Gasteiger partial charge in [0.05, 0.1) is 0 Å². The molecule has 1 nitrogen and oxygen atoms in total. The molecule has 13 heteroatoms. The second-order valence-corrected chi connectivity index (χ2v) is 12.2.